The Labute approximate surface area is 252 Å². The fourth-order valence-electron chi connectivity index (χ4n) is 3.25. The van der Waals surface area contributed by atoms with Crippen LogP contribution in [0.25, 0.3) is 0 Å². The van der Waals surface area contributed by atoms with E-state index in [-0.39, 0.29) is 13.5 Å². The van der Waals surface area contributed by atoms with E-state index >= 15 is 0 Å². The molecule has 0 aliphatic heterocycles. The first-order valence-electron chi connectivity index (χ1n) is 14.8. The van der Waals surface area contributed by atoms with Gasteiger partial charge in [-0.05, 0) is 6.92 Å². The van der Waals surface area contributed by atoms with Gasteiger partial charge in [0, 0.05) is 13.2 Å². The van der Waals surface area contributed by atoms with Crippen LogP contribution in [0.3, 0.4) is 0 Å². The molecule has 6 N–H and O–H groups in total. The molecule has 0 atom stereocenters. The quantitative estimate of drug-likeness (QED) is 0.0567. The molecule has 0 aliphatic carbocycles. The molecule has 42 heavy (non-hydrogen) atoms. The molecule has 0 saturated carbocycles. The first kappa shape index (κ1) is 41.4. The third kappa shape index (κ3) is 29.5. The second-order valence-corrected chi connectivity index (χ2v) is 8.91. The standard InChI is InChI=1S/C27H59N3O12/c1-2-31-5-6-33-9-15-37-21-27(23-39-17-11-35-13-19-41-25-29,24-40-18-12-36-14-20-42-26-30)22-38-16-10-34-8-7-32-4-3-28/h2-26,28-30H2,1H3. The molecule has 0 fully saturated rings. The molecule has 15 nitrogen and oxygen atoms in total. The van der Waals surface area contributed by atoms with Gasteiger partial charge in [0.05, 0.1) is 158 Å². The zero-order valence-electron chi connectivity index (χ0n) is 25.8. The molecule has 0 aromatic heterocycles. The smallest absolute Gasteiger partial charge is 0.0941 e. The molecule has 15 heteroatoms. The summed E-state index contributed by atoms with van der Waals surface area (Å²) in [5, 5.41) is 0. The Bertz CT molecular complexity index is 465. The molecule has 0 unspecified atom stereocenters. The molecule has 0 saturated heterocycles. The molecular weight excluding hydrogens is 558 g/mol. The van der Waals surface area contributed by atoms with Crippen molar-refractivity contribution in [2.24, 2.45) is 22.6 Å². The Kier molecular flexibility index (Phi) is 34.4. The van der Waals surface area contributed by atoms with Crippen molar-refractivity contribution in [3.05, 3.63) is 0 Å². The van der Waals surface area contributed by atoms with Crippen LogP contribution in [-0.2, 0) is 56.8 Å². The summed E-state index contributed by atoms with van der Waals surface area (Å²) in [6.07, 6.45) is 0. The van der Waals surface area contributed by atoms with E-state index in [1.54, 1.807) is 0 Å². The molecular formula is C27H59N3O12. The molecule has 0 aromatic carbocycles. The van der Waals surface area contributed by atoms with Crippen LogP contribution < -0.4 is 17.2 Å². The lowest BCUT2D eigenvalue weighted by molar-refractivity contribution is -0.122. The van der Waals surface area contributed by atoms with E-state index in [0.29, 0.717) is 152 Å². The van der Waals surface area contributed by atoms with Crippen molar-refractivity contribution in [2.45, 2.75) is 6.92 Å². The summed E-state index contributed by atoms with van der Waals surface area (Å²) in [5.74, 6) is 0. The summed E-state index contributed by atoms with van der Waals surface area (Å²) in [6, 6.07) is 0. The third-order valence-corrected chi connectivity index (χ3v) is 5.31. The molecule has 0 aliphatic rings. The van der Waals surface area contributed by atoms with Crippen molar-refractivity contribution >= 4 is 0 Å². The van der Waals surface area contributed by atoms with E-state index in [2.05, 4.69) is 0 Å². The Morgan fingerprint density at radius 1 is 0.333 bits per heavy atom. The van der Waals surface area contributed by atoms with Gasteiger partial charge in [-0.15, -0.1) is 0 Å². The van der Waals surface area contributed by atoms with Gasteiger partial charge in [-0.2, -0.15) is 0 Å². The molecule has 0 bridgehead atoms. The minimum Gasteiger partial charge on any atom is -0.379 e. The maximum atomic E-state index is 6.00. The Morgan fingerprint density at radius 3 is 0.881 bits per heavy atom. The molecule has 0 heterocycles. The van der Waals surface area contributed by atoms with Gasteiger partial charge in [0.25, 0.3) is 0 Å². The molecule has 0 spiro atoms. The topological polar surface area (TPSA) is 189 Å². The van der Waals surface area contributed by atoms with E-state index in [1.807, 2.05) is 6.92 Å². The van der Waals surface area contributed by atoms with Crippen molar-refractivity contribution < 1.29 is 56.8 Å². The minimum absolute atomic E-state index is 0.166. The van der Waals surface area contributed by atoms with E-state index in [0.717, 1.165) is 0 Å². The lowest BCUT2D eigenvalue weighted by atomic mass is 9.92. The van der Waals surface area contributed by atoms with Gasteiger partial charge in [0.1, 0.15) is 0 Å². The minimum atomic E-state index is -0.582. The molecule has 254 valence electrons. The average molecular weight is 618 g/mol. The third-order valence-electron chi connectivity index (χ3n) is 5.31. The van der Waals surface area contributed by atoms with Crippen LogP contribution in [0.2, 0.25) is 0 Å². The molecule has 0 rings (SSSR count). The lowest BCUT2D eigenvalue weighted by Gasteiger charge is -2.33. The number of ether oxygens (including phenoxy) is 12. The summed E-state index contributed by atoms with van der Waals surface area (Å²) in [4.78, 5) is 0. The summed E-state index contributed by atoms with van der Waals surface area (Å²) in [7, 11) is 0. The highest BCUT2D eigenvalue weighted by atomic mass is 16.6. The van der Waals surface area contributed by atoms with Crippen molar-refractivity contribution in [2.75, 3.05) is 165 Å². The van der Waals surface area contributed by atoms with Crippen LogP contribution in [0.15, 0.2) is 0 Å². The normalized spacial score (nSPS) is 12.0. The largest absolute Gasteiger partial charge is 0.379 e. The maximum Gasteiger partial charge on any atom is 0.0941 e. The van der Waals surface area contributed by atoms with Crippen LogP contribution >= 0.6 is 0 Å². The van der Waals surface area contributed by atoms with E-state index in [9.17, 15) is 0 Å². The lowest BCUT2D eigenvalue weighted by Crippen LogP contribution is -2.43. The van der Waals surface area contributed by atoms with Gasteiger partial charge in [-0.25, -0.2) is 0 Å². The first-order chi connectivity index (χ1) is 20.7. The summed E-state index contributed by atoms with van der Waals surface area (Å²) < 4.78 is 66.9. The highest BCUT2D eigenvalue weighted by Crippen LogP contribution is 2.21. The Hall–Kier alpha value is -0.600. The zero-order chi connectivity index (χ0) is 30.7. The summed E-state index contributed by atoms with van der Waals surface area (Å²) >= 11 is 0. The van der Waals surface area contributed by atoms with E-state index < -0.39 is 5.41 Å². The highest BCUT2D eigenvalue weighted by Gasteiger charge is 2.32. The van der Waals surface area contributed by atoms with E-state index in [4.69, 9.17) is 74.0 Å². The van der Waals surface area contributed by atoms with Gasteiger partial charge < -0.3 is 74.0 Å². The van der Waals surface area contributed by atoms with Gasteiger partial charge in [0.2, 0.25) is 0 Å². The SMILES string of the molecule is CCOCCOCCOCC(COCCOCCOCN)(COCCOCCOCN)COCCOCCOCCN. The fraction of sp³-hybridized carbons (Fsp3) is 1.00. The van der Waals surface area contributed by atoms with Crippen LogP contribution in [0, 0.1) is 5.41 Å². The van der Waals surface area contributed by atoms with Crippen molar-refractivity contribution in [3.63, 3.8) is 0 Å². The number of nitrogens with two attached hydrogens (primary N) is 3. The predicted molar refractivity (Wildman–Crippen MR) is 155 cm³/mol. The Morgan fingerprint density at radius 2 is 0.595 bits per heavy atom. The van der Waals surface area contributed by atoms with E-state index in [1.165, 1.54) is 0 Å². The number of hydrogen-bond donors (Lipinski definition) is 3. The fourth-order valence-corrected chi connectivity index (χ4v) is 3.25. The summed E-state index contributed by atoms with van der Waals surface area (Å²) in [6.45, 7) is 12.4. The maximum absolute atomic E-state index is 6.00. The second-order valence-electron chi connectivity index (χ2n) is 8.91. The van der Waals surface area contributed by atoms with Crippen molar-refractivity contribution in [1.29, 1.82) is 0 Å². The number of hydrogen-bond acceptors (Lipinski definition) is 15. The molecule has 0 radical (unpaired) electrons. The van der Waals surface area contributed by atoms with Crippen LogP contribution in [0.4, 0.5) is 0 Å². The van der Waals surface area contributed by atoms with Gasteiger partial charge in [0.15, 0.2) is 0 Å². The van der Waals surface area contributed by atoms with Gasteiger partial charge in [-0.1, -0.05) is 0 Å². The van der Waals surface area contributed by atoms with Crippen LogP contribution in [0.1, 0.15) is 6.92 Å². The summed E-state index contributed by atoms with van der Waals surface area (Å²) in [5.41, 5.74) is 15.5. The molecule has 0 aromatic rings. The van der Waals surface area contributed by atoms with Gasteiger partial charge in [-0.3, -0.25) is 0 Å². The van der Waals surface area contributed by atoms with Gasteiger partial charge >= 0.3 is 0 Å². The highest BCUT2D eigenvalue weighted by molar-refractivity contribution is 4.79. The molecule has 0 amide bonds. The second kappa shape index (κ2) is 34.9. The monoisotopic (exact) mass is 617 g/mol. The number of rotatable bonds is 37. The van der Waals surface area contributed by atoms with Crippen molar-refractivity contribution in [3.8, 4) is 0 Å². The zero-order valence-corrected chi connectivity index (χ0v) is 25.8. The predicted octanol–water partition coefficient (Wildman–Crippen LogP) is -1.02. The van der Waals surface area contributed by atoms with Crippen LogP contribution in [-0.4, -0.2) is 165 Å². The average Bonchev–Trinajstić information content (AvgIpc) is 3.00. The van der Waals surface area contributed by atoms with Crippen molar-refractivity contribution in [1.82, 2.24) is 0 Å². The van der Waals surface area contributed by atoms with Crippen LogP contribution in [0.5, 0.6) is 0 Å². The Balaban J connectivity index is 4.82. The first-order valence-corrected chi connectivity index (χ1v) is 14.8.